The summed E-state index contributed by atoms with van der Waals surface area (Å²) in [6.07, 6.45) is 6.34. The van der Waals surface area contributed by atoms with Gasteiger partial charge in [-0.25, -0.2) is 4.98 Å². The van der Waals surface area contributed by atoms with E-state index in [1.165, 1.54) is 77.0 Å². The van der Waals surface area contributed by atoms with Gasteiger partial charge in [-0.15, -0.1) is 6.58 Å². The summed E-state index contributed by atoms with van der Waals surface area (Å²) in [5.74, 6) is 0. The number of aryl methyl sites for hydroxylation is 1. The fourth-order valence-corrected chi connectivity index (χ4v) is 7.18. The third kappa shape index (κ3) is 4.86. The molecular weight excluding hydrogens is 542 g/mol. The molecule has 0 unspecified atom stereocenters. The molecule has 45 heavy (non-hydrogen) atoms. The third-order valence-corrected chi connectivity index (χ3v) is 9.69. The summed E-state index contributed by atoms with van der Waals surface area (Å²) in [6, 6.07) is 46.7. The summed E-state index contributed by atoms with van der Waals surface area (Å²) in [5, 5.41) is 7.83. The number of fused-ring (bicyclic) bond motifs is 7. The van der Waals surface area contributed by atoms with Crippen LogP contribution < -0.4 is 0 Å². The third-order valence-electron chi connectivity index (χ3n) is 9.69. The first-order valence-corrected chi connectivity index (χ1v) is 16.0. The summed E-state index contributed by atoms with van der Waals surface area (Å²) < 4.78 is 0. The minimum absolute atomic E-state index is 1.03. The first kappa shape index (κ1) is 27.3. The lowest BCUT2D eigenvalue weighted by Gasteiger charge is -2.21. The topological polar surface area (TPSA) is 12.9 Å². The van der Waals surface area contributed by atoms with E-state index in [1.807, 2.05) is 6.08 Å². The number of nitrogens with zero attached hydrogens (tertiary/aromatic N) is 1. The van der Waals surface area contributed by atoms with Crippen LogP contribution in [0.1, 0.15) is 37.4 Å². The van der Waals surface area contributed by atoms with Crippen molar-refractivity contribution >= 4 is 37.9 Å². The maximum absolute atomic E-state index is 5.14. The van der Waals surface area contributed by atoms with Crippen molar-refractivity contribution in [2.24, 2.45) is 0 Å². The fraction of sp³-hybridized carbons (Fsp3) is 0.114. The Kier molecular flexibility index (Phi) is 6.88. The van der Waals surface area contributed by atoms with Gasteiger partial charge in [-0.2, -0.15) is 0 Å². The molecule has 6 aromatic carbocycles. The highest BCUT2D eigenvalue weighted by atomic mass is 14.7. The SMILES string of the molecule is C=CCCC1=C(C)c2nc(-c3ccc(-c4ccc(-c5ccc6c7ccccc7c7ccccc7c6c5)cc4)cc3)ccc2CC1. The largest absolute Gasteiger partial charge is 0.248 e. The lowest BCUT2D eigenvalue weighted by atomic mass is 9.87. The lowest BCUT2D eigenvalue weighted by Crippen LogP contribution is -2.06. The zero-order valence-corrected chi connectivity index (χ0v) is 25.7. The minimum atomic E-state index is 1.03. The van der Waals surface area contributed by atoms with E-state index in [1.54, 1.807) is 0 Å². The molecule has 0 saturated carbocycles. The molecule has 0 spiro atoms. The Morgan fingerprint density at radius 1 is 0.556 bits per heavy atom. The minimum Gasteiger partial charge on any atom is -0.248 e. The monoisotopic (exact) mass is 577 g/mol. The van der Waals surface area contributed by atoms with Crippen molar-refractivity contribution in [2.75, 3.05) is 0 Å². The molecule has 8 rings (SSSR count). The molecule has 7 aromatic rings. The molecule has 1 aromatic heterocycles. The molecule has 0 saturated heterocycles. The van der Waals surface area contributed by atoms with Crippen LogP contribution in [0.3, 0.4) is 0 Å². The number of hydrogen-bond donors (Lipinski definition) is 0. The first-order valence-electron chi connectivity index (χ1n) is 16.0. The quantitative estimate of drug-likeness (QED) is 0.141. The smallest absolute Gasteiger partial charge is 0.0709 e. The molecule has 1 heteroatoms. The summed E-state index contributed by atoms with van der Waals surface area (Å²) in [5.41, 5.74) is 12.5. The lowest BCUT2D eigenvalue weighted by molar-refractivity contribution is 0.825. The Labute approximate surface area is 265 Å². The number of allylic oxidation sites excluding steroid dienone is 3. The van der Waals surface area contributed by atoms with Crippen LogP contribution in [0, 0.1) is 0 Å². The van der Waals surface area contributed by atoms with E-state index >= 15 is 0 Å². The summed E-state index contributed by atoms with van der Waals surface area (Å²) in [7, 11) is 0. The predicted octanol–water partition coefficient (Wildman–Crippen LogP) is 12.2. The summed E-state index contributed by atoms with van der Waals surface area (Å²) in [6.45, 7) is 6.14. The van der Waals surface area contributed by atoms with E-state index in [0.29, 0.717) is 0 Å². The van der Waals surface area contributed by atoms with E-state index in [4.69, 9.17) is 4.98 Å². The van der Waals surface area contributed by atoms with Gasteiger partial charge < -0.3 is 0 Å². The second-order valence-electron chi connectivity index (χ2n) is 12.3. The molecule has 0 aliphatic heterocycles. The van der Waals surface area contributed by atoms with Gasteiger partial charge in [0.25, 0.3) is 0 Å². The molecule has 0 atom stereocenters. The molecule has 0 radical (unpaired) electrons. The van der Waals surface area contributed by atoms with Gasteiger partial charge >= 0.3 is 0 Å². The van der Waals surface area contributed by atoms with Crippen LogP contribution in [-0.2, 0) is 6.42 Å². The van der Waals surface area contributed by atoms with Gasteiger partial charge in [0.15, 0.2) is 0 Å². The average Bonchev–Trinajstić information content (AvgIpc) is 3.11. The van der Waals surface area contributed by atoms with E-state index in [0.717, 1.165) is 36.9 Å². The maximum Gasteiger partial charge on any atom is 0.0709 e. The van der Waals surface area contributed by atoms with Crippen LogP contribution in [0.15, 0.2) is 146 Å². The van der Waals surface area contributed by atoms with Crippen molar-refractivity contribution in [1.82, 2.24) is 4.98 Å². The van der Waals surface area contributed by atoms with Crippen LogP contribution in [0.2, 0.25) is 0 Å². The molecule has 1 aliphatic carbocycles. The van der Waals surface area contributed by atoms with Crippen molar-refractivity contribution in [2.45, 2.75) is 32.6 Å². The Morgan fingerprint density at radius 3 is 1.67 bits per heavy atom. The second-order valence-corrected chi connectivity index (χ2v) is 12.3. The van der Waals surface area contributed by atoms with E-state index in [-0.39, 0.29) is 0 Å². The van der Waals surface area contributed by atoms with Crippen molar-refractivity contribution in [3.05, 3.63) is 157 Å². The highest BCUT2D eigenvalue weighted by Crippen LogP contribution is 2.38. The highest BCUT2D eigenvalue weighted by molar-refractivity contribution is 6.25. The molecular formula is C44H35N. The van der Waals surface area contributed by atoms with Gasteiger partial charge in [-0.3, -0.25) is 0 Å². The molecule has 0 bridgehead atoms. The molecule has 0 fully saturated rings. The van der Waals surface area contributed by atoms with Crippen LogP contribution in [0.4, 0.5) is 0 Å². The molecule has 216 valence electrons. The molecule has 1 aliphatic rings. The van der Waals surface area contributed by atoms with Crippen molar-refractivity contribution in [1.29, 1.82) is 0 Å². The normalized spacial score (nSPS) is 13.0. The second kappa shape index (κ2) is 11.3. The van der Waals surface area contributed by atoms with E-state index < -0.39 is 0 Å². The Balaban J connectivity index is 1.08. The van der Waals surface area contributed by atoms with Crippen molar-refractivity contribution in [3.8, 4) is 33.5 Å². The van der Waals surface area contributed by atoms with Gasteiger partial charge in [0.1, 0.15) is 0 Å². The summed E-state index contributed by atoms with van der Waals surface area (Å²) >= 11 is 0. The van der Waals surface area contributed by atoms with Gasteiger partial charge in [-0.1, -0.05) is 127 Å². The molecule has 0 amide bonds. The van der Waals surface area contributed by atoms with Gasteiger partial charge in [0.2, 0.25) is 0 Å². The zero-order valence-electron chi connectivity index (χ0n) is 25.7. The van der Waals surface area contributed by atoms with E-state index in [2.05, 4.69) is 141 Å². The average molecular weight is 578 g/mol. The number of hydrogen-bond acceptors (Lipinski definition) is 1. The fourth-order valence-electron chi connectivity index (χ4n) is 7.18. The van der Waals surface area contributed by atoms with Crippen LogP contribution >= 0.6 is 0 Å². The predicted molar refractivity (Wildman–Crippen MR) is 193 cm³/mol. The number of rotatable bonds is 6. The van der Waals surface area contributed by atoms with Gasteiger partial charge in [-0.05, 0) is 110 Å². The van der Waals surface area contributed by atoms with Crippen molar-refractivity contribution < 1.29 is 0 Å². The highest BCUT2D eigenvalue weighted by Gasteiger charge is 2.18. The van der Waals surface area contributed by atoms with E-state index in [9.17, 15) is 0 Å². The molecule has 1 nitrogen and oxygen atoms in total. The van der Waals surface area contributed by atoms with Crippen LogP contribution in [-0.4, -0.2) is 4.98 Å². The Hall–Kier alpha value is -5.27. The maximum atomic E-state index is 5.14. The standard InChI is InChI=1S/C44H35N/c1-3-4-9-30-14-23-35-25-27-43(45-44(35)29(30)2)34-21-19-32(20-22-34)31-15-17-33(18-16-31)36-24-26-41-39-12-6-5-10-37(39)38-11-7-8-13-40(38)42(41)28-36/h3,5-8,10-13,15-22,24-28H,1,4,9,14,23H2,2H3. The number of benzene rings is 6. The van der Waals surface area contributed by atoms with Gasteiger partial charge in [0, 0.05) is 5.56 Å². The number of pyridine rings is 1. The van der Waals surface area contributed by atoms with Crippen molar-refractivity contribution in [3.63, 3.8) is 0 Å². The number of aromatic nitrogens is 1. The van der Waals surface area contributed by atoms with Crippen LogP contribution in [0.5, 0.6) is 0 Å². The Bertz CT molecular complexity index is 2230. The van der Waals surface area contributed by atoms with Gasteiger partial charge in [0.05, 0.1) is 11.4 Å². The summed E-state index contributed by atoms with van der Waals surface area (Å²) in [4.78, 5) is 5.14. The molecule has 1 heterocycles. The zero-order chi connectivity index (χ0) is 30.3. The Morgan fingerprint density at radius 2 is 1.07 bits per heavy atom. The molecule has 0 N–H and O–H groups in total. The van der Waals surface area contributed by atoms with Crippen LogP contribution in [0.25, 0.3) is 71.4 Å². The first-order chi connectivity index (χ1) is 22.2.